The highest BCUT2D eigenvalue weighted by Gasteiger charge is 2.11. The van der Waals surface area contributed by atoms with Gasteiger partial charge in [-0.25, -0.2) is 19.2 Å². The maximum atomic E-state index is 11.4. The lowest BCUT2D eigenvalue weighted by Crippen LogP contribution is -1.95. The maximum absolute atomic E-state index is 11.4. The number of aromatic carboxylic acids is 4. The zero-order valence-corrected chi connectivity index (χ0v) is 30.4. The lowest BCUT2D eigenvalue weighted by Gasteiger charge is -2.09. The van der Waals surface area contributed by atoms with Crippen LogP contribution in [0.2, 0.25) is 0 Å². The van der Waals surface area contributed by atoms with E-state index < -0.39 is 23.9 Å². The topological polar surface area (TPSA) is 149 Å². The maximum Gasteiger partial charge on any atom is 0.335 e. The number of benzene rings is 7. The van der Waals surface area contributed by atoms with Gasteiger partial charge in [-0.3, -0.25) is 0 Å². The zero-order valence-electron chi connectivity index (χ0n) is 30.4. The second-order valence-corrected chi connectivity index (χ2v) is 13.2. The Bertz CT molecular complexity index is 2500. The van der Waals surface area contributed by atoms with Gasteiger partial charge in [-0.05, 0) is 154 Å². The average Bonchev–Trinajstić information content (AvgIpc) is 3.25. The third-order valence-corrected chi connectivity index (χ3v) is 9.31. The lowest BCUT2D eigenvalue weighted by atomic mass is 9.95. The summed E-state index contributed by atoms with van der Waals surface area (Å²) in [4.78, 5) is 45.7. The van der Waals surface area contributed by atoms with Gasteiger partial charge in [0.1, 0.15) is 0 Å². The summed E-state index contributed by atoms with van der Waals surface area (Å²) in [7, 11) is 0. The molecule has 0 aliphatic rings. The molecule has 8 heteroatoms. The van der Waals surface area contributed by atoms with Gasteiger partial charge in [0.05, 0.1) is 22.3 Å². The van der Waals surface area contributed by atoms with Crippen molar-refractivity contribution in [1.29, 1.82) is 0 Å². The molecule has 7 aromatic rings. The minimum absolute atomic E-state index is 0.171. The van der Waals surface area contributed by atoms with E-state index >= 15 is 0 Å². The van der Waals surface area contributed by atoms with Crippen molar-refractivity contribution in [2.24, 2.45) is 0 Å². The number of carbonyl (C=O) groups is 4. The monoisotopic (exact) mass is 758 g/mol. The summed E-state index contributed by atoms with van der Waals surface area (Å²) in [6.45, 7) is 0. The molecule has 0 saturated carbocycles. The molecular weight excluding hydrogens is 729 g/mol. The van der Waals surface area contributed by atoms with Gasteiger partial charge in [0.25, 0.3) is 0 Å². The predicted molar refractivity (Wildman–Crippen MR) is 221 cm³/mol. The highest BCUT2D eigenvalue weighted by Crippen LogP contribution is 2.31. The summed E-state index contributed by atoms with van der Waals surface area (Å²) < 4.78 is 0. The Hall–Kier alpha value is -8.46. The molecule has 58 heavy (non-hydrogen) atoms. The third-order valence-electron chi connectivity index (χ3n) is 9.31. The zero-order chi connectivity index (χ0) is 40.8. The molecular formula is C50H30O8. The second kappa shape index (κ2) is 16.5. The summed E-state index contributed by atoms with van der Waals surface area (Å²) in [5, 5.41) is 37.5. The van der Waals surface area contributed by atoms with E-state index in [4.69, 9.17) is 0 Å². The Morgan fingerprint density at radius 1 is 0.259 bits per heavy atom. The molecule has 4 N–H and O–H groups in total. The summed E-state index contributed by atoms with van der Waals surface area (Å²) in [6.07, 6.45) is 0. The molecule has 0 heterocycles. The van der Waals surface area contributed by atoms with E-state index in [9.17, 15) is 39.6 Å². The van der Waals surface area contributed by atoms with E-state index in [1.807, 2.05) is 60.7 Å². The first-order valence-electron chi connectivity index (χ1n) is 17.8. The van der Waals surface area contributed by atoms with Crippen LogP contribution >= 0.6 is 0 Å². The summed E-state index contributed by atoms with van der Waals surface area (Å²) in [5.74, 6) is 8.83. The Labute approximate surface area is 333 Å². The van der Waals surface area contributed by atoms with Crippen LogP contribution in [0.15, 0.2) is 158 Å². The molecule has 278 valence electrons. The molecule has 0 spiro atoms. The first-order chi connectivity index (χ1) is 28.0. The van der Waals surface area contributed by atoms with Crippen LogP contribution in [0, 0.1) is 23.7 Å². The van der Waals surface area contributed by atoms with Gasteiger partial charge >= 0.3 is 23.9 Å². The molecule has 0 fully saturated rings. The van der Waals surface area contributed by atoms with E-state index in [-0.39, 0.29) is 22.3 Å². The molecule has 0 aliphatic heterocycles. The Kier molecular flexibility index (Phi) is 10.8. The van der Waals surface area contributed by atoms with Crippen LogP contribution in [0.25, 0.3) is 44.5 Å². The normalized spacial score (nSPS) is 10.3. The SMILES string of the molecule is O=C(O)c1ccc(-c2cc(C#Cc3ccc(C#Cc4cc(-c5ccc(C(=O)O)cc5)cc(-c5ccc(C(=O)O)cc5)c4)cc3)cc(-c3ccc(C(=O)O)cc3)c2)cc1. The Balaban J connectivity index is 1.18. The van der Waals surface area contributed by atoms with Gasteiger partial charge in [-0.2, -0.15) is 0 Å². The molecule has 7 aromatic carbocycles. The van der Waals surface area contributed by atoms with Crippen LogP contribution in [-0.2, 0) is 0 Å². The molecule has 0 aromatic heterocycles. The van der Waals surface area contributed by atoms with E-state index in [0.717, 1.165) is 55.6 Å². The van der Waals surface area contributed by atoms with Gasteiger partial charge in [0.15, 0.2) is 0 Å². The molecule has 0 aliphatic carbocycles. The molecule has 7 rings (SSSR count). The van der Waals surface area contributed by atoms with Gasteiger partial charge in [-0.15, -0.1) is 0 Å². The van der Waals surface area contributed by atoms with Crippen molar-refractivity contribution in [2.75, 3.05) is 0 Å². The van der Waals surface area contributed by atoms with Crippen molar-refractivity contribution < 1.29 is 39.6 Å². The first kappa shape index (κ1) is 37.8. The average molecular weight is 759 g/mol. The first-order valence-corrected chi connectivity index (χ1v) is 17.8. The second-order valence-electron chi connectivity index (χ2n) is 13.2. The van der Waals surface area contributed by atoms with Gasteiger partial charge < -0.3 is 20.4 Å². The fraction of sp³-hybridized carbons (Fsp3) is 0. The number of carboxylic acid groups (broad SMARTS) is 4. The minimum Gasteiger partial charge on any atom is -0.478 e. The third kappa shape index (κ3) is 8.90. The quantitative estimate of drug-likeness (QED) is 0.112. The predicted octanol–water partition coefficient (Wildman–Crippen LogP) is 9.95. The standard InChI is InChI=1S/C50H30O8/c51-47(52)39-17-9-35(10-18-39)43-25-33(26-44(29-43)36-11-19-40(20-12-36)48(53)54)7-5-31-1-2-32(4-3-31)6-8-34-27-45(37-13-21-41(22-14-37)49(55)56)30-46(28-34)38-15-23-42(24-16-38)50(57)58/h1-4,9-30H,(H,51,52)(H,53,54)(H,55,56)(H,57,58). The van der Waals surface area contributed by atoms with E-state index in [1.165, 1.54) is 0 Å². The van der Waals surface area contributed by atoms with Crippen LogP contribution < -0.4 is 0 Å². The van der Waals surface area contributed by atoms with Crippen molar-refractivity contribution in [3.63, 3.8) is 0 Å². The van der Waals surface area contributed by atoms with Crippen molar-refractivity contribution in [1.82, 2.24) is 0 Å². The van der Waals surface area contributed by atoms with Crippen LogP contribution in [0.4, 0.5) is 0 Å². The van der Waals surface area contributed by atoms with Gasteiger partial charge in [-0.1, -0.05) is 72.2 Å². The molecule has 0 amide bonds. The molecule has 0 unspecified atom stereocenters. The number of hydrogen-bond acceptors (Lipinski definition) is 4. The van der Waals surface area contributed by atoms with Crippen LogP contribution in [-0.4, -0.2) is 44.3 Å². The van der Waals surface area contributed by atoms with Crippen molar-refractivity contribution in [3.8, 4) is 68.2 Å². The van der Waals surface area contributed by atoms with Crippen LogP contribution in [0.3, 0.4) is 0 Å². The molecule has 0 radical (unpaired) electrons. The lowest BCUT2D eigenvalue weighted by molar-refractivity contribution is 0.0686. The van der Waals surface area contributed by atoms with Gasteiger partial charge in [0, 0.05) is 22.3 Å². The van der Waals surface area contributed by atoms with Crippen LogP contribution in [0.5, 0.6) is 0 Å². The largest absolute Gasteiger partial charge is 0.478 e. The number of hydrogen-bond donors (Lipinski definition) is 4. The van der Waals surface area contributed by atoms with E-state index in [2.05, 4.69) is 23.7 Å². The van der Waals surface area contributed by atoms with Crippen molar-refractivity contribution in [2.45, 2.75) is 0 Å². The van der Waals surface area contributed by atoms with E-state index in [0.29, 0.717) is 11.1 Å². The number of rotatable bonds is 8. The Morgan fingerprint density at radius 3 is 0.672 bits per heavy atom. The minimum atomic E-state index is -1.02. The molecule has 0 atom stereocenters. The highest BCUT2D eigenvalue weighted by atomic mass is 16.4. The van der Waals surface area contributed by atoms with Crippen LogP contribution in [0.1, 0.15) is 63.7 Å². The molecule has 8 nitrogen and oxygen atoms in total. The van der Waals surface area contributed by atoms with Crippen molar-refractivity contribution in [3.05, 3.63) is 202 Å². The van der Waals surface area contributed by atoms with Crippen molar-refractivity contribution >= 4 is 23.9 Å². The molecule has 0 saturated heterocycles. The fourth-order valence-corrected chi connectivity index (χ4v) is 6.21. The fourth-order valence-electron chi connectivity index (χ4n) is 6.21. The Morgan fingerprint density at radius 2 is 0.466 bits per heavy atom. The molecule has 0 bridgehead atoms. The number of carboxylic acids is 4. The smallest absolute Gasteiger partial charge is 0.335 e. The highest BCUT2D eigenvalue weighted by molar-refractivity contribution is 5.91. The van der Waals surface area contributed by atoms with E-state index in [1.54, 1.807) is 97.1 Å². The van der Waals surface area contributed by atoms with Gasteiger partial charge in [0.2, 0.25) is 0 Å². The summed E-state index contributed by atoms with van der Waals surface area (Å²) in [5.41, 5.74) is 10.0. The summed E-state index contributed by atoms with van der Waals surface area (Å²) >= 11 is 0. The summed E-state index contributed by atoms with van der Waals surface area (Å²) in [6, 6.07) is 45.3.